The van der Waals surface area contributed by atoms with Crippen molar-refractivity contribution in [1.29, 1.82) is 5.26 Å². The molecule has 3 aromatic heterocycles. The summed E-state index contributed by atoms with van der Waals surface area (Å²) in [6.45, 7) is 0. The molecule has 0 amide bonds. The number of halogens is 1. The van der Waals surface area contributed by atoms with Gasteiger partial charge in [0.15, 0.2) is 5.15 Å². The zero-order valence-electron chi connectivity index (χ0n) is 10.3. The maximum Gasteiger partial charge on any atom is 0.151 e. The lowest BCUT2D eigenvalue weighted by molar-refractivity contribution is 0.929. The van der Waals surface area contributed by atoms with Crippen LogP contribution < -0.4 is 0 Å². The highest BCUT2D eigenvalue weighted by Gasteiger charge is 2.10. The highest BCUT2D eigenvalue weighted by Crippen LogP contribution is 2.26. The van der Waals surface area contributed by atoms with E-state index in [1.807, 2.05) is 41.1 Å². The molecule has 6 heteroatoms. The van der Waals surface area contributed by atoms with Crippen LogP contribution in [0.5, 0.6) is 0 Å². The van der Waals surface area contributed by atoms with E-state index in [9.17, 15) is 5.26 Å². The molecule has 0 aliphatic rings. The molecule has 3 aromatic rings. The van der Waals surface area contributed by atoms with E-state index in [0.29, 0.717) is 16.5 Å². The zero-order chi connectivity index (χ0) is 13.9. The van der Waals surface area contributed by atoms with Crippen molar-refractivity contribution in [2.75, 3.05) is 0 Å². The minimum absolute atomic E-state index is 0.377. The average Bonchev–Trinajstić information content (AvgIpc) is 2.84. The van der Waals surface area contributed by atoms with E-state index in [0.717, 1.165) is 16.1 Å². The molecule has 0 aliphatic heterocycles. The molecule has 0 aromatic carbocycles. The van der Waals surface area contributed by atoms with E-state index in [1.54, 1.807) is 6.07 Å². The molecule has 0 unspecified atom stereocenters. The molecule has 0 fully saturated rings. The van der Waals surface area contributed by atoms with E-state index in [1.165, 1.54) is 11.8 Å². The van der Waals surface area contributed by atoms with Gasteiger partial charge < -0.3 is 4.40 Å². The number of aromatic nitrogens is 3. The largest absolute Gasteiger partial charge is 0.322 e. The number of nitrogens with zero attached hydrogens (tertiary/aromatic N) is 4. The van der Waals surface area contributed by atoms with Crippen LogP contribution in [0.1, 0.15) is 11.1 Å². The third-order valence-corrected chi connectivity index (χ3v) is 4.03. The molecule has 0 N–H and O–H groups in total. The predicted octanol–water partition coefficient (Wildman–Crippen LogP) is 3.55. The van der Waals surface area contributed by atoms with Gasteiger partial charge in [-0.3, -0.25) is 0 Å². The van der Waals surface area contributed by atoms with Crippen molar-refractivity contribution < 1.29 is 0 Å². The standard InChI is InChI=1S/C14H9ClN4S/c15-13-4-5-14(18-17-13)20-9-10-8-19-6-2-1-3-12(19)11(10)7-16/h1-6,8H,9H2. The molecule has 0 atom stereocenters. The van der Waals surface area contributed by atoms with Gasteiger partial charge >= 0.3 is 0 Å². The molecule has 20 heavy (non-hydrogen) atoms. The van der Waals surface area contributed by atoms with Gasteiger partial charge in [0.25, 0.3) is 0 Å². The third-order valence-electron chi connectivity index (χ3n) is 2.86. The maximum atomic E-state index is 9.32. The van der Waals surface area contributed by atoms with Crippen molar-refractivity contribution >= 4 is 28.9 Å². The second-order valence-electron chi connectivity index (χ2n) is 4.12. The Morgan fingerprint density at radius 3 is 2.90 bits per heavy atom. The van der Waals surface area contributed by atoms with Crippen LogP contribution in [0, 0.1) is 11.3 Å². The summed E-state index contributed by atoms with van der Waals surface area (Å²) in [5.74, 6) is 0.668. The second kappa shape index (κ2) is 5.53. The van der Waals surface area contributed by atoms with Crippen molar-refractivity contribution in [3.8, 4) is 6.07 Å². The number of thioether (sulfide) groups is 1. The molecule has 0 radical (unpaired) electrons. The Kier molecular flexibility index (Phi) is 3.59. The molecule has 3 heterocycles. The lowest BCUT2D eigenvalue weighted by Gasteiger charge is -1.98. The van der Waals surface area contributed by atoms with Gasteiger partial charge in [0.05, 0.1) is 11.1 Å². The summed E-state index contributed by atoms with van der Waals surface area (Å²) in [6, 6.07) is 11.6. The minimum atomic E-state index is 0.377. The zero-order valence-corrected chi connectivity index (χ0v) is 11.9. The highest BCUT2D eigenvalue weighted by molar-refractivity contribution is 7.98. The third kappa shape index (κ3) is 2.48. The number of rotatable bonds is 3. The minimum Gasteiger partial charge on any atom is -0.322 e. The molecule has 0 saturated carbocycles. The molecular weight excluding hydrogens is 292 g/mol. The predicted molar refractivity (Wildman–Crippen MR) is 78.7 cm³/mol. The Morgan fingerprint density at radius 2 is 2.15 bits per heavy atom. The van der Waals surface area contributed by atoms with Crippen molar-refractivity contribution in [2.24, 2.45) is 0 Å². The Balaban J connectivity index is 1.87. The van der Waals surface area contributed by atoms with Gasteiger partial charge in [0.2, 0.25) is 0 Å². The summed E-state index contributed by atoms with van der Waals surface area (Å²) >= 11 is 7.23. The van der Waals surface area contributed by atoms with Crippen LogP contribution in [0.3, 0.4) is 0 Å². The van der Waals surface area contributed by atoms with Crippen molar-refractivity contribution in [2.45, 2.75) is 10.8 Å². The van der Waals surface area contributed by atoms with Gasteiger partial charge in [0, 0.05) is 18.1 Å². The fourth-order valence-corrected chi connectivity index (χ4v) is 2.83. The van der Waals surface area contributed by atoms with Crippen LogP contribution >= 0.6 is 23.4 Å². The summed E-state index contributed by atoms with van der Waals surface area (Å²) in [7, 11) is 0. The van der Waals surface area contributed by atoms with E-state index < -0.39 is 0 Å². The maximum absolute atomic E-state index is 9.32. The number of nitriles is 1. The lowest BCUT2D eigenvalue weighted by Crippen LogP contribution is -1.87. The van der Waals surface area contributed by atoms with Gasteiger partial charge in [-0.1, -0.05) is 29.4 Å². The topological polar surface area (TPSA) is 54.0 Å². The SMILES string of the molecule is N#Cc1c(CSc2ccc(Cl)nn2)cn2ccccc12. The average molecular weight is 301 g/mol. The van der Waals surface area contributed by atoms with Gasteiger partial charge in [-0.2, -0.15) is 5.26 Å². The molecule has 98 valence electrons. The quantitative estimate of drug-likeness (QED) is 0.694. The Morgan fingerprint density at radius 1 is 1.25 bits per heavy atom. The van der Waals surface area contributed by atoms with Gasteiger partial charge in [-0.15, -0.1) is 10.2 Å². The van der Waals surface area contributed by atoms with E-state index in [2.05, 4.69) is 16.3 Å². The second-order valence-corrected chi connectivity index (χ2v) is 5.50. The number of hydrogen-bond acceptors (Lipinski definition) is 4. The first-order chi connectivity index (χ1) is 9.78. The van der Waals surface area contributed by atoms with Crippen LogP contribution in [-0.4, -0.2) is 14.6 Å². The molecule has 0 saturated heterocycles. The molecular formula is C14H9ClN4S. The van der Waals surface area contributed by atoms with Crippen LogP contribution in [0.25, 0.3) is 5.52 Å². The fraction of sp³-hybridized carbons (Fsp3) is 0.0714. The van der Waals surface area contributed by atoms with Crippen molar-refractivity contribution in [3.63, 3.8) is 0 Å². The van der Waals surface area contributed by atoms with Gasteiger partial charge in [0.1, 0.15) is 11.1 Å². The molecule has 4 nitrogen and oxygen atoms in total. The summed E-state index contributed by atoms with van der Waals surface area (Å²) in [5, 5.41) is 18.3. The van der Waals surface area contributed by atoms with Crippen molar-refractivity contribution in [1.82, 2.24) is 14.6 Å². The molecule has 3 rings (SSSR count). The number of hydrogen-bond donors (Lipinski definition) is 0. The van der Waals surface area contributed by atoms with Crippen LogP contribution in [0.4, 0.5) is 0 Å². The Bertz CT molecular complexity index is 789. The normalized spacial score (nSPS) is 10.6. The van der Waals surface area contributed by atoms with Crippen LogP contribution in [0.2, 0.25) is 5.15 Å². The van der Waals surface area contributed by atoms with Crippen molar-refractivity contribution in [3.05, 3.63) is 59.0 Å². The summed E-state index contributed by atoms with van der Waals surface area (Å²) in [5.41, 5.74) is 2.62. The molecule has 0 aliphatic carbocycles. The van der Waals surface area contributed by atoms with E-state index >= 15 is 0 Å². The summed E-state index contributed by atoms with van der Waals surface area (Å²) < 4.78 is 1.96. The smallest absolute Gasteiger partial charge is 0.151 e. The molecule has 0 bridgehead atoms. The fourth-order valence-electron chi connectivity index (χ4n) is 1.95. The first-order valence-electron chi connectivity index (χ1n) is 5.88. The van der Waals surface area contributed by atoms with E-state index in [4.69, 9.17) is 11.6 Å². The first kappa shape index (κ1) is 13.0. The highest BCUT2D eigenvalue weighted by atomic mass is 35.5. The first-order valence-corrected chi connectivity index (χ1v) is 7.25. The summed E-state index contributed by atoms with van der Waals surface area (Å²) in [6.07, 6.45) is 3.91. The van der Waals surface area contributed by atoms with Gasteiger partial charge in [-0.25, -0.2) is 0 Å². The van der Waals surface area contributed by atoms with Gasteiger partial charge in [-0.05, 0) is 29.8 Å². The number of fused-ring (bicyclic) bond motifs is 1. The lowest BCUT2D eigenvalue weighted by atomic mass is 10.2. The monoisotopic (exact) mass is 300 g/mol. The van der Waals surface area contributed by atoms with Crippen LogP contribution in [0.15, 0.2) is 47.8 Å². The van der Waals surface area contributed by atoms with Crippen LogP contribution in [-0.2, 0) is 5.75 Å². The van der Waals surface area contributed by atoms with E-state index in [-0.39, 0.29) is 0 Å². The Labute approximate surface area is 125 Å². The Hall–Kier alpha value is -2.03. The molecule has 0 spiro atoms. The number of pyridine rings is 1. The summed E-state index contributed by atoms with van der Waals surface area (Å²) in [4.78, 5) is 0.